The highest BCUT2D eigenvalue weighted by atomic mass is 32.2. The first-order valence-electron chi connectivity index (χ1n) is 7.35. The summed E-state index contributed by atoms with van der Waals surface area (Å²) in [5, 5.41) is -0.416. The molecule has 1 aromatic carbocycles. The summed E-state index contributed by atoms with van der Waals surface area (Å²) < 4.78 is 24.8. The van der Waals surface area contributed by atoms with E-state index in [1.54, 1.807) is 18.7 Å². The number of aryl methyl sites for hydroxylation is 1. The summed E-state index contributed by atoms with van der Waals surface area (Å²) in [5.74, 6) is 1.80. The van der Waals surface area contributed by atoms with Gasteiger partial charge in [-0.1, -0.05) is 24.6 Å². The van der Waals surface area contributed by atoms with Crippen LogP contribution in [-0.2, 0) is 16.3 Å². The molecule has 1 aliphatic heterocycles. The van der Waals surface area contributed by atoms with Crippen molar-refractivity contribution in [2.45, 2.75) is 25.6 Å². The minimum atomic E-state index is -3.09. The van der Waals surface area contributed by atoms with E-state index >= 15 is 0 Å². The molecule has 118 valence electrons. The zero-order valence-corrected chi connectivity index (χ0v) is 14.3. The van der Waals surface area contributed by atoms with Gasteiger partial charge in [-0.05, 0) is 31.5 Å². The van der Waals surface area contributed by atoms with Crippen molar-refractivity contribution in [3.8, 4) is 0 Å². The Morgan fingerprint density at radius 2 is 2.19 bits per heavy atom. The number of nitrogens with two attached hydrogens (primary N) is 1. The van der Waals surface area contributed by atoms with Gasteiger partial charge in [0.2, 0.25) is 0 Å². The second-order valence-corrected chi connectivity index (χ2v) is 8.94. The molecule has 1 heterocycles. The highest BCUT2D eigenvalue weighted by molar-refractivity contribution is 8.01. The Hall–Kier alpha value is -0.720. The molecule has 0 saturated carbocycles. The summed E-state index contributed by atoms with van der Waals surface area (Å²) in [4.78, 5) is 2.07. The molecule has 1 saturated heterocycles. The number of anilines is 1. The third kappa shape index (κ3) is 3.73. The van der Waals surface area contributed by atoms with E-state index in [0.29, 0.717) is 12.3 Å². The van der Waals surface area contributed by atoms with Crippen molar-refractivity contribution in [3.05, 3.63) is 29.3 Å². The van der Waals surface area contributed by atoms with Gasteiger partial charge < -0.3 is 10.6 Å². The van der Waals surface area contributed by atoms with Crippen LogP contribution < -0.4 is 10.6 Å². The summed E-state index contributed by atoms with van der Waals surface area (Å²) in [6.45, 7) is 5.12. The maximum Gasteiger partial charge on any atom is 0.171 e. The molecule has 6 heteroatoms. The SMILES string of the molecule is CCS(=O)(=O)C1CSCCN1c1ccc(C)cc1CCN. The van der Waals surface area contributed by atoms with Crippen LogP contribution in [0.25, 0.3) is 0 Å². The van der Waals surface area contributed by atoms with Crippen LogP contribution in [0.1, 0.15) is 18.1 Å². The standard InChI is InChI=1S/C15H24N2O2S2/c1-3-21(18,19)15-11-20-9-8-17(15)14-5-4-12(2)10-13(14)6-7-16/h4-5,10,15H,3,6-9,11,16H2,1-2H3. The van der Waals surface area contributed by atoms with E-state index in [1.165, 1.54) is 5.56 Å². The van der Waals surface area contributed by atoms with Crippen LogP contribution in [0.4, 0.5) is 5.69 Å². The highest BCUT2D eigenvalue weighted by Gasteiger charge is 2.33. The third-order valence-corrected chi connectivity index (χ3v) is 7.15. The second-order valence-electron chi connectivity index (χ2n) is 5.35. The van der Waals surface area contributed by atoms with Crippen molar-refractivity contribution in [2.75, 3.05) is 35.2 Å². The van der Waals surface area contributed by atoms with E-state index in [-0.39, 0.29) is 5.75 Å². The zero-order valence-electron chi connectivity index (χ0n) is 12.7. The molecule has 1 atom stereocenters. The average Bonchev–Trinajstić information content (AvgIpc) is 2.48. The minimum Gasteiger partial charge on any atom is -0.353 e. The van der Waals surface area contributed by atoms with Gasteiger partial charge in [0.25, 0.3) is 0 Å². The molecular weight excluding hydrogens is 304 g/mol. The van der Waals surface area contributed by atoms with Gasteiger partial charge in [0.1, 0.15) is 5.37 Å². The molecular formula is C15H24N2O2S2. The van der Waals surface area contributed by atoms with Crippen LogP contribution >= 0.6 is 11.8 Å². The molecule has 0 aliphatic carbocycles. The van der Waals surface area contributed by atoms with E-state index in [9.17, 15) is 8.42 Å². The number of rotatable bonds is 5. The molecule has 0 radical (unpaired) electrons. The molecule has 2 rings (SSSR count). The highest BCUT2D eigenvalue weighted by Crippen LogP contribution is 2.30. The van der Waals surface area contributed by atoms with Gasteiger partial charge >= 0.3 is 0 Å². The van der Waals surface area contributed by atoms with E-state index < -0.39 is 15.2 Å². The van der Waals surface area contributed by atoms with Crippen molar-refractivity contribution in [3.63, 3.8) is 0 Å². The quantitative estimate of drug-likeness (QED) is 0.893. The largest absolute Gasteiger partial charge is 0.353 e. The molecule has 1 aromatic rings. The Labute approximate surface area is 132 Å². The normalized spacial score (nSPS) is 19.8. The predicted molar refractivity (Wildman–Crippen MR) is 91.9 cm³/mol. The van der Waals surface area contributed by atoms with Gasteiger partial charge in [-0.2, -0.15) is 11.8 Å². The van der Waals surface area contributed by atoms with Crippen LogP contribution in [-0.4, -0.2) is 44.1 Å². The van der Waals surface area contributed by atoms with E-state index in [4.69, 9.17) is 5.73 Å². The lowest BCUT2D eigenvalue weighted by Crippen LogP contribution is -2.48. The third-order valence-electron chi connectivity index (χ3n) is 3.86. The topological polar surface area (TPSA) is 63.4 Å². The number of sulfone groups is 1. The summed E-state index contributed by atoms with van der Waals surface area (Å²) in [6.07, 6.45) is 0.777. The van der Waals surface area contributed by atoms with Crippen LogP contribution in [0.5, 0.6) is 0 Å². The maximum absolute atomic E-state index is 12.4. The molecule has 0 bridgehead atoms. The van der Waals surface area contributed by atoms with Crippen LogP contribution in [0.15, 0.2) is 18.2 Å². The average molecular weight is 329 g/mol. The zero-order chi connectivity index (χ0) is 15.5. The van der Waals surface area contributed by atoms with Crippen molar-refractivity contribution in [1.82, 2.24) is 0 Å². The Balaban J connectivity index is 2.42. The van der Waals surface area contributed by atoms with Gasteiger partial charge in [-0.15, -0.1) is 0 Å². The Kier molecular flexibility index (Phi) is 5.57. The number of hydrogen-bond donors (Lipinski definition) is 1. The van der Waals surface area contributed by atoms with Crippen molar-refractivity contribution >= 4 is 27.3 Å². The summed E-state index contributed by atoms with van der Waals surface area (Å²) >= 11 is 1.72. The van der Waals surface area contributed by atoms with E-state index in [2.05, 4.69) is 24.0 Å². The van der Waals surface area contributed by atoms with E-state index in [0.717, 1.165) is 30.0 Å². The number of nitrogens with zero attached hydrogens (tertiary/aromatic N) is 1. The fraction of sp³-hybridized carbons (Fsp3) is 0.600. The van der Waals surface area contributed by atoms with Gasteiger partial charge in [-0.3, -0.25) is 0 Å². The molecule has 4 nitrogen and oxygen atoms in total. The summed E-state index contributed by atoms with van der Waals surface area (Å²) in [6, 6.07) is 6.22. The first-order valence-corrected chi connectivity index (χ1v) is 10.2. The molecule has 1 unspecified atom stereocenters. The van der Waals surface area contributed by atoms with Crippen LogP contribution in [0, 0.1) is 6.92 Å². The lowest BCUT2D eigenvalue weighted by Gasteiger charge is -2.37. The van der Waals surface area contributed by atoms with Gasteiger partial charge in [0.15, 0.2) is 9.84 Å². The smallest absolute Gasteiger partial charge is 0.171 e. The molecule has 0 spiro atoms. The van der Waals surface area contributed by atoms with Crippen molar-refractivity contribution < 1.29 is 8.42 Å². The van der Waals surface area contributed by atoms with Crippen LogP contribution in [0.2, 0.25) is 0 Å². The first kappa shape index (κ1) is 16.6. The van der Waals surface area contributed by atoms with Gasteiger partial charge in [0, 0.05) is 29.5 Å². The molecule has 1 fully saturated rings. The fourth-order valence-electron chi connectivity index (χ4n) is 2.70. The maximum atomic E-state index is 12.4. The number of hydrogen-bond acceptors (Lipinski definition) is 5. The van der Waals surface area contributed by atoms with Crippen LogP contribution in [0.3, 0.4) is 0 Å². The summed E-state index contributed by atoms with van der Waals surface area (Å²) in [7, 11) is -3.09. The van der Waals surface area contributed by atoms with Gasteiger partial charge in [-0.25, -0.2) is 8.42 Å². The molecule has 2 N–H and O–H groups in total. The van der Waals surface area contributed by atoms with Crippen molar-refractivity contribution in [2.24, 2.45) is 5.73 Å². The molecule has 0 amide bonds. The molecule has 1 aliphatic rings. The molecule has 0 aromatic heterocycles. The Morgan fingerprint density at radius 3 is 2.86 bits per heavy atom. The van der Waals surface area contributed by atoms with Crippen molar-refractivity contribution in [1.29, 1.82) is 0 Å². The number of thioether (sulfide) groups is 1. The Bertz CT molecular complexity index is 587. The van der Waals surface area contributed by atoms with E-state index in [1.807, 2.05) is 6.07 Å². The lowest BCUT2D eigenvalue weighted by atomic mass is 10.1. The molecule has 21 heavy (non-hydrogen) atoms. The van der Waals surface area contributed by atoms with Gasteiger partial charge in [0.05, 0.1) is 0 Å². The lowest BCUT2D eigenvalue weighted by molar-refractivity contribution is 0.579. The monoisotopic (exact) mass is 328 g/mol. The fourth-order valence-corrected chi connectivity index (χ4v) is 5.68. The number of benzene rings is 1. The minimum absolute atomic E-state index is 0.187. The first-order chi connectivity index (χ1) is 9.99. The second kappa shape index (κ2) is 7.03. The Morgan fingerprint density at radius 1 is 1.43 bits per heavy atom. The summed E-state index contributed by atoms with van der Waals surface area (Å²) in [5.41, 5.74) is 9.09. The predicted octanol–water partition coefficient (Wildman–Crippen LogP) is 1.81.